The van der Waals surface area contributed by atoms with Gasteiger partial charge in [-0.1, -0.05) is 4.21 Å². The third-order valence-electron chi connectivity index (χ3n) is 5.80. The van der Waals surface area contributed by atoms with Crippen LogP contribution in [0.3, 0.4) is 0 Å². The van der Waals surface area contributed by atoms with Gasteiger partial charge in [0.15, 0.2) is 17.4 Å². The molecule has 1 unspecified atom stereocenters. The average molecular weight is 562 g/mol. The van der Waals surface area contributed by atoms with Crippen LogP contribution in [-0.2, 0) is 29.6 Å². The van der Waals surface area contributed by atoms with E-state index >= 15 is 0 Å². The molecular formula is C27H31F2N4O5S+. The number of hydrogen-bond donors (Lipinski definition) is 2. The third kappa shape index (κ3) is 7.34. The zero-order valence-corrected chi connectivity index (χ0v) is 22.9. The highest BCUT2D eigenvalue weighted by Crippen LogP contribution is 2.29. The molecule has 1 aliphatic heterocycles. The standard InChI is InChI=1S/C27H30F2N4O5S/c1-17-15-37-12-11-33(17)24-14-21(16-39(35,36)23-13-19(28)7-10-22(23)29)30-25(32-24)18-5-8-20(9-6-18)31-26(34)38-27(2,3)4/h5-10,13-14,17H,11-12,15-16H2,1-4H3,(H-,30,31,32,34,35,36)/p+1/t17-/m0/s1. The zero-order chi connectivity index (χ0) is 28.4. The van der Waals surface area contributed by atoms with Crippen LogP contribution in [0.15, 0.2) is 53.4 Å². The predicted octanol–water partition coefficient (Wildman–Crippen LogP) is 5.53. The molecule has 12 heteroatoms. The minimum Gasteiger partial charge on any atom is -0.444 e. The molecule has 1 aromatic heterocycles. The highest BCUT2D eigenvalue weighted by atomic mass is 32.3. The van der Waals surface area contributed by atoms with Gasteiger partial charge >= 0.3 is 6.09 Å². The van der Waals surface area contributed by atoms with Gasteiger partial charge in [-0.05, 0) is 64.1 Å². The van der Waals surface area contributed by atoms with Crippen LogP contribution in [-0.4, -0.2) is 52.0 Å². The van der Waals surface area contributed by atoms with E-state index in [0.29, 0.717) is 36.8 Å². The van der Waals surface area contributed by atoms with Gasteiger partial charge in [0.1, 0.15) is 17.2 Å². The molecule has 1 aliphatic rings. The predicted molar refractivity (Wildman–Crippen MR) is 144 cm³/mol. The molecule has 208 valence electrons. The van der Waals surface area contributed by atoms with Crippen molar-refractivity contribution in [3.63, 3.8) is 0 Å². The Morgan fingerprint density at radius 1 is 1.18 bits per heavy atom. The maximum atomic E-state index is 14.4. The second kappa shape index (κ2) is 11.3. The van der Waals surface area contributed by atoms with Crippen LogP contribution in [0.1, 0.15) is 33.4 Å². The first-order valence-electron chi connectivity index (χ1n) is 12.3. The number of carbonyl (C=O) groups is 1. The summed E-state index contributed by atoms with van der Waals surface area (Å²) in [7, 11) is -4.02. The molecule has 2 atom stereocenters. The SMILES string of the molecule is C[C@H]1COCCN1c1cc(C[S+](=O)(O)c2cc(F)ccc2F)nc(-c2ccc(NC(=O)OC(C)(C)C)cc2)n1. The summed E-state index contributed by atoms with van der Waals surface area (Å²) in [5, 5.41) is 2.66. The van der Waals surface area contributed by atoms with Crippen LogP contribution < -0.4 is 10.2 Å². The van der Waals surface area contributed by atoms with Crippen molar-refractivity contribution in [1.82, 2.24) is 9.97 Å². The maximum Gasteiger partial charge on any atom is 0.412 e. The summed E-state index contributed by atoms with van der Waals surface area (Å²) in [4.78, 5) is 22.7. The van der Waals surface area contributed by atoms with Crippen molar-refractivity contribution < 1.29 is 31.8 Å². The van der Waals surface area contributed by atoms with E-state index in [1.54, 1.807) is 51.1 Å². The lowest BCUT2D eigenvalue weighted by molar-refractivity contribution is 0.0636. The molecule has 0 spiro atoms. The van der Waals surface area contributed by atoms with Crippen molar-refractivity contribution >= 4 is 27.8 Å². The molecule has 0 bridgehead atoms. The molecule has 2 aromatic carbocycles. The normalized spacial score (nSPS) is 17.4. The van der Waals surface area contributed by atoms with E-state index in [2.05, 4.69) is 15.3 Å². The van der Waals surface area contributed by atoms with E-state index in [1.165, 1.54) is 0 Å². The van der Waals surface area contributed by atoms with Crippen molar-refractivity contribution in [2.75, 3.05) is 30.0 Å². The number of ether oxygens (including phenoxy) is 2. The topological polar surface area (TPSA) is 114 Å². The zero-order valence-electron chi connectivity index (χ0n) is 22.1. The molecule has 1 amide bonds. The lowest BCUT2D eigenvalue weighted by Crippen LogP contribution is -2.44. The van der Waals surface area contributed by atoms with Crippen LogP contribution in [0, 0.1) is 11.6 Å². The summed E-state index contributed by atoms with van der Waals surface area (Å²) in [5.41, 5.74) is 0.604. The summed E-state index contributed by atoms with van der Waals surface area (Å²) in [6.45, 7) is 8.76. The number of morpholine rings is 1. The Kier molecular flexibility index (Phi) is 8.28. The lowest BCUT2D eigenvalue weighted by Gasteiger charge is -2.34. The van der Waals surface area contributed by atoms with Gasteiger partial charge in [0.05, 0.1) is 24.9 Å². The van der Waals surface area contributed by atoms with Crippen LogP contribution in [0.25, 0.3) is 11.4 Å². The molecule has 2 heterocycles. The van der Waals surface area contributed by atoms with Gasteiger partial charge in [0.2, 0.25) is 4.90 Å². The van der Waals surface area contributed by atoms with Gasteiger partial charge in [0, 0.05) is 29.9 Å². The fourth-order valence-corrected chi connectivity index (χ4v) is 5.40. The Morgan fingerprint density at radius 2 is 1.90 bits per heavy atom. The third-order valence-corrected chi connectivity index (χ3v) is 7.48. The monoisotopic (exact) mass is 561 g/mol. The van der Waals surface area contributed by atoms with Crippen LogP contribution in [0.2, 0.25) is 0 Å². The van der Waals surface area contributed by atoms with Gasteiger partial charge in [-0.3, -0.25) is 5.32 Å². The molecule has 0 saturated carbocycles. The highest BCUT2D eigenvalue weighted by molar-refractivity contribution is 7.97. The molecule has 39 heavy (non-hydrogen) atoms. The minimum atomic E-state index is -4.02. The van der Waals surface area contributed by atoms with E-state index in [9.17, 15) is 22.3 Å². The second-order valence-electron chi connectivity index (χ2n) is 10.2. The van der Waals surface area contributed by atoms with Crippen LogP contribution >= 0.6 is 0 Å². The molecule has 4 rings (SSSR count). The Bertz CT molecular complexity index is 1400. The summed E-state index contributed by atoms with van der Waals surface area (Å²) in [6, 6.07) is 10.7. The highest BCUT2D eigenvalue weighted by Gasteiger charge is 2.35. The van der Waals surface area contributed by atoms with Crippen molar-refractivity contribution in [1.29, 1.82) is 0 Å². The molecule has 2 N–H and O–H groups in total. The maximum absolute atomic E-state index is 14.4. The van der Waals surface area contributed by atoms with E-state index < -0.39 is 44.2 Å². The molecular weight excluding hydrogens is 530 g/mol. The Morgan fingerprint density at radius 3 is 2.56 bits per heavy atom. The lowest BCUT2D eigenvalue weighted by atomic mass is 10.2. The molecule has 0 radical (unpaired) electrons. The first kappa shape index (κ1) is 28.5. The number of halogens is 2. The summed E-state index contributed by atoms with van der Waals surface area (Å²) in [5.74, 6) is -1.57. The van der Waals surface area contributed by atoms with Gasteiger partial charge in [-0.15, -0.1) is 0 Å². The van der Waals surface area contributed by atoms with E-state index in [-0.39, 0.29) is 17.6 Å². The van der Waals surface area contributed by atoms with Crippen LogP contribution in [0.4, 0.5) is 25.1 Å². The quantitative estimate of drug-likeness (QED) is 0.378. The molecule has 0 aliphatic carbocycles. The van der Waals surface area contributed by atoms with Crippen molar-refractivity contribution in [3.8, 4) is 11.4 Å². The number of hydrogen-bond acceptors (Lipinski definition) is 7. The molecule has 1 fully saturated rings. The van der Waals surface area contributed by atoms with Gasteiger partial charge in [-0.2, -0.15) is 4.55 Å². The number of aromatic nitrogens is 2. The largest absolute Gasteiger partial charge is 0.444 e. The van der Waals surface area contributed by atoms with Gasteiger partial charge in [0.25, 0.3) is 10.2 Å². The smallest absolute Gasteiger partial charge is 0.412 e. The number of nitrogens with one attached hydrogen (secondary N) is 1. The van der Waals surface area contributed by atoms with Crippen LogP contribution in [0.5, 0.6) is 0 Å². The Hall–Kier alpha value is -3.48. The number of rotatable bonds is 6. The second-order valence-corrected chi connectivity index (χ2v) is 12.2. The number of benzene rings is 2. The number of nitrogens with zero attached hydrogens (tertiary/aromatic N) is 3. The number of anilines is 2. The summed E-state index contributed by atoms with van der Waals surface area (Å²) < 4.78 is 62.8. The Labute approximate surface area is 226 Å². The van der Waals surface area contributed by atoms with Crippen molar-refractivity contribution in [2.45, 2.75) is 50.0 Å². The summed E-state index contributed by atoms with van der Waals surface area (Å²) >= 11 is 0. The van der Waals surface area contributed by atoms with Gasteiger partial charge in [-0.25, -0.2) is 23.5 Å². The molecule has 3 aromatic rings. The summed E-state index contributed by atoms with van der Waals surface area (Å²) in [6.07, 6.45) is -0.598. The van der Waals surface area contributed by atoms with E-state index in [1.807, 2.05) is 11.8 Å². The molecule has 9 nitrogen and oxygen atoms in total. The first-order chi connectivity index (χ1) is 18.3. The number of amides is 1. The fraction of sp³-hybridized carbons (Fsp3) is 0.370. The van der Waals surface area contributed by atoms with Crippen molar-refractivity contribution in [3.05, 3.63) is 65.9 Å². The number of carbonyl (C=O) groups excluding carboxylic acids is 1. The Balaban J connectivity index is 1.67. The fourth-order valence-electron chi connectivity index (χ4n) is 4.02. The molecule has 1 saturated heterocycles. The van der Waals surface area contributed by atoms with E-state index in [0.717, 1.165) is 18.2 Å². The van der Waals surface area contributed by atoms with Crippen molar-refractivity contribution in [2.24, 2.45) is 0 Å². The van der Waals surface area contributed by atoms with E-state index in [4.69, 9.17) is 9.47 Å². The first-order valence-corrected chi connectivity index (χ1v) is 14.0. The average Bonchev–Trinajstić information content (AvgIpc) is 2.84. The van der Waals surface area contributed by atoms with Gasteiger partial charge < -0.3 is 14.4 Å². The minimum absolute atomic E-state index is 0.0195.